The zero-order valence-corrected chi connectivity index (χ0v) is 8.08. The highest BCUT2D eigenvalue weighted by molar-refractivity contribution is 5.94. The second-order valence-corrected chi connectivity index (χ2v) is 3.03. The third kappa shape index (κ3) is 2.43. The number of hydrogen-bond acceptors (Lipinski definition) is 2. The molecule has 0 saturated carbocycles. The molecule has 0 aliphatic carbocycles. The molecule has 1 aliphatic heterocycles. The largest absolute Gasteiger partial charge is 0.339 e. The van der Waals surface area contributed by atoms with Gasteiger partial charge in [0.1, 0.15) is 0 Å². The molecular weight excluding hydrogens is 190 g/mol. The Hall–Kier alpha value is -2.10. The molecule has 0 saturated heterocycles. The summed E-state index contributed by atoms with van der Waals surface area (Å²) in [5.41, 5.74) is 0.584. The van der Waals surface area contributed by atoms with Crippen molar-refractivity contribution in [3.05, 3.63) is 48.2 Å². The van der Waals surface area contributed by atoms with Crippen LogP contribution in [0.15, 0.2) is 52.7 Å². The molecule has 0 unspecified atom stereocenters. The molecule has 0 spiro atoms. The standard InChI is InChI=1S/C11H10N3O/c15-11(10-5-2-1-3-6-10)13-14-8-4-7-12-9-14/h1-8H,9H2/q+1. The maximum absolute atomic E-state index is 11.6. The van der Waals surface area contributed by atoms with E-state index in [1.807, 2.05) is 18.2 Å². The molecule has 1 aliphatic rings. The summed E-state index contributed by atoms with van der Waals surface area (Å²) in [6.07, 6.45) is 5.14. The van der Waals surface area contributed by atoms with E-state index in [0.29, 0.717) is 12.2 Å². The van der Waals surface area contributed by atoms with Gasteiger partial charge in [0.25, 0.3) is 6.67 Å². The maximum atomic E-state index is 11.6. The van der Waals surface area contributed by atoms with Gasteiger partial charge in [-0.05, 0) is 12.1 Å². The first kappa shape index (κ1) is 9.45. The SMILES string of the molecule is O=C(N=[N+]1C=CC=NC1)c1ccccc1. The van der Waals surface area contributed by atoms with Gasteiger partial charge in [-0.3, -0.25) is 4.79 Å². The third-order valence-electron chi connectivity index (χ3n) is 1.92. The van der Waals surface area contributed by atoms with Gasteiger partial charge in [0.15, 0.2) is 6.20 Å². The van der Waals surface area contributed by atoms with E-state index >= 15 is 0 Å². The lowest BCUT2D eigenvalue weighted by Gasteiger charge is -1.94. The van der Waals surface area contributed by atoms with Crippen LogP contribution in [0.3, 0.4) is 0 Å². The molecule has 1 aromatic carbocycles. The molecule has 0 fully saturated rings. The van der Waals surface area contributed by atoms with E-state index in [4.69, 9.17) is 0 Å². The van der Waals surface area contributed by atoms with Crippen LogP contribution in [0.25, 0.3) is 0 Å². The second-order valence-electron chi connectivity index (χ2n) is 3.03. The molecule has 1 aromatic rings. The number of benzene rings is 1. The summed E-state index contributed by atoms with van der Waals surface area (Å²) in [4.78, 5) is 15.6. The quantitative estimate of drug-likeness (QED) is 0.638. The minimum atomic E-state index is -0.252. The molecule has 0 bridgehead atoms. The van der Waals surface area contributed by atoms with E-state index in [-0.39, 0.29) is 5.91 Å². The molecule has 0 atom stereocenters. The van der Waals surface area contributed by atoms with E-state index in [2.05, 4.69) is 10.1 Å². The van der Waals surface area contributed by atoms with E-state index in [0.717, 1.165) is 0 Å². The molecule has 0 radical (unpaired) electrons. The van der Waals surface area contributed by atoms with Crippen LogP contribution in [0.4, 0.5) is 0 Å². The topological polar surface area (TPSA) is 44.8 Å². The van der Waals surface area contributed by atoms with Crippen molar-refractivity contribution in [3.8, 4) is 0 Å². The first-order valence-electron chi connectivity index (χ1n) is 4.60. The molecule has 2 rings (SSSR count). The Kier molecular flexibility index (Phi) is 2.78. The number of azo groups is 2. The monoisotopic (exact) mass is 200 g/mol. The van der Waals surface area contributed by atoms with Crippen LogP contribution in [-0.2, 0) is 0 Å². The number of carbonyl (C=O) groups excluding carboxylic acids is 1. The Morgan fingerprint density at radius 3 is 2.80 bits per heavy atom. The Bertz CT molecular complexity index is 446. The van der Waals surface area contributed by atoms with E-state index in [1.165, 1.54) is 4.70 Å². The lowest BCUT2D eigenvalue weighted by molar-refractivity contribution is -0.522. The molecule has 1 heterocycles. The lowest BCUT2D eigenvalue weighted by atomic mass is 10.2. The van der Waals surface area contributed by atoms with Gasteiger partial charge in [0, 0.05) is 23.0 Å². The van der Waals surface area contributed by atoms with Gasteiger partial charge in [0.05, 0.1) is 0 Å². The van der Waals surface area contributed by atoms with Crippen LogP contribution in [0, 0.1) is 0 Å². The number of rotatable bonds is 1. The van der Waals surface area contributed by atoms with Gasteiger partial charge in [-0.25, -0.2) is 4.99 Å². The van der Waals surface area contributed by atoms with Gasteiger partial charge < -0.3 is 0 Å². The van der Waals surface area contributed by atoms with Gasteiger partial charge in [-0.15, -0.1) is 0 Å². The number of carbonyl (C=O) groups is 1. The summed E-state index contributed by atoms with van der Waals surface area (Å²) in [6.45, 7) is 0.398. The zero-order chi connectivity index (χ0) is 10.5. The highest BCUT2D eigenvalue weighted by Crippen LogP contribution is 2.01. The summed E-state index contributed by atoms with van der Waals surface area (Å²) in [5.74, 6) is -0.252. The van der Waals surface area contributed by atoms with Crippen LogP contribution in [0.2, 0.25) is 0 Å². The molecule has 74 valence electrons. The molecule has 4 heteroatoms. The van der Waals surface area contributed by atoms with E-state index in [9.17, 15) is 4.79 Å². The Morgan fingerprint density at radius 2 is 2.13 bits per heavy atom. The molecule has 4 nitrogen and oxygen atoms in total. The molecule has 1 amide bonds. The minimum absolute atomic E-state index is 0.252. The van der Waals surface area contributed by atoms with Crippen LogP contribution in [-0.4, -0.2) is 23.5 Å². The lowest BCUT2D eigenvalue weighted by Crippen LogP contribution is -2.09. The fourth-order valence-electron chi connectivity index (χ4n) is 1.20. The number of allylic oxidation sites excluding steroid dienone is 1. The number of amides is 1. The smallest absolute Gasteiger partial charge is 0.260 e. The van der Waals surface area contributed by atoms with Crippen LogP contribution in [0.5, 0.6) is 0 Å². The Morgan fingerprint density at radius 1 is 1.33 bits per heavy atom. The Labute approximate surface area is 87.3 Å². The van der Waals surface area contributed by atoms with Crippen LogP contribution in [0.1, 0.15) is 10.4 Å². The molecule has 15 heavy (non-hydrogen) atoms. The van der Waals surface area contributed by atoms with Crippen molar-refractivity contribution in [2.45, 2.75) is 0 Å². The number of hydrogen-bond donors (Lipinski definition) is 0. The van der Waals surface area contributed by atoms with Crippen LogP contribution < -0.4 is 0 Å². The summed E-state index contributed by atoms with van der Waals surface area (Å²) < 4.78 is 1.51. The van der Waals surface area contributed by atoms with Gasteiger partial charge >= 0.3 is 5.91 Å². The molecule has 0 N–H and O–H groups in total. The van der Waals surface area contributed by atoms with Crippen molar-refractivity contribution in [1.82, 2.24) is 0 Å². The summed E-state index contributed by atoms with van der Waals surface area (Å²) in [7, 11) is 0. The van der Waals surface area contributed by atoms with Gasteiger partial charge in [-0.2, -0.15) is 0 Å². The van der Waals surface area contributed by atoms with Crippen molar-refractivity contribution in [2.24, 2.45) is 10.1 Å². The average Bonchev–Trinajstić information content (AvgIpc) is 2.31. The highest BCUT2D eigenvalue weighted by Gasteiger charge is 2.10. The Balaban J connectivity index is 2.17. The van der Waals surface area contributed by atoms with Gasteiger partial charge in [-0.1, -0.05) is 22.9 Å². The maximum Gasteiger partial charge on any atom is 0.339 e. The first-order chi connectivity index (χ1) is 7.36. The zero-order valence-electron chi connectivity index (χ0n) is 8.08. The third-order valence-corrected chi connectivity index (χ3v) is 1.92. The van der Waals surface area contributed by atoms with Crippen molar-refractivity contribution in [2.75, 3.05) is 6.67 Å². The van der Waals surface area contributed by atoms with Crippen molar-refractivity contribution in [1.29, 1.82) is 0 Å². The average molecular weight is 200 g/mol. The number of aliphatic imine (C=N–C) groups is 1. The normalized spacial score (nSPS) is 16.9. The second kappa shape index (κ2) is 4.41. The number of nitrogens with zero attached hydrogens (tertiary/aromatic N) is 3. The van der Waals surface area contributed by atoms with Crippen molar-refractivity contribution in [3.63, 3.8) is 0 Å². The van der Waals surface area contributed by atoms with Gasteiger partial charge in [0.2, 0.25) is 0 Å². The fraction of sp³-hybridized carbons (Fsp3) is 0.0909. The van der Waals surface area contributed by atoms with Crippen molar-refractivity contribution < 1.29 is 9.49 Å². The molecular formula is C11H10N3O+. The van der Waals surface area contributed by atoms with Crippen molar-refractivity contribution >= 4 is 12.1 Å². The molecule has 0 aromatic heterocycles. The summed E-state index contributed by atoms with van der Waals surface area (Å²) >= 11 is 0. The van der Waals surface area contributed by atoms with E-state index in [1.54, 1.807) is 30.6 Å². The van der Waals surface area contributed by atoms with E-state index < -0.39 is 0 Å². The fourth-order valence-corrected chi connectivity index (χ4v) is 1.20. The predicted molar refractivity (Wildman–Crippen MR) is 56.0 cm³/mol. The predicted octanol–water partition coefficient (Wildman–Crippen LogP) is 1.85. The van der Waals surface area contributed by atoms with Crippen LogP contribution >= 0.6 is 0 Å². The highest BCUT2D eigenvalue weighted by atomic mass is 16.1. The summed E-state index contributed by atoms with van der Waals surface area (Å²) in [6, 6.07) is 8.97. The summed E-state index contributed by atoms with van der Waals surface area (Å²) in [5, 5.41) is 3.90. The minimum Gasteiger partial charge on any atom is -0.260 e. The first-order valence-corrected chi connectivity index (χ1v) is 4.60.